The van der Waals surface area contributed by atoms with Crippen LogP contribution in [-0.2, 0) is 20.9 Å². The topological polar surface area (TPSA) is 63.6 Å². The van der Waals surface area contributed by atoms with Gasteiger partial charge in [-0.15, -0.1) is 0 Å². The highest BCUT2D eigenvalue weighted by molar-refractivity contribution is 6.03. The summed E-state index contributed by atoms with van der Waals surface area (Å²) in [5.74, 6) is -0.816. The SMILES string of the molecule is CCC1(C(=O)O)CC(CCOCc2ccccc2)CCC1=O. The van der Waals surface area contributed by atoms with Crippen LogP contribution in [0.25, 0.3) is 0 Å². The lowest BCUT2D eigenvalue weighted by molar-refractivity contribution is -0.159. The van der Waals surface area contributed by atoms with Gasteiger partial charge >= 0.3 is 5.97 Å². The van der Waals surface area contributed by atoms with Crippen LogP contribution in [0.15, 0.2) is 30.3 Å². The van der Waals surface area contributed by atoms with Gasteiger partial charge in [-0.25, -0.2) is 0 Å². The number of benzene rings is 1. The molecule has 22 heavy (non-hydrogen) atoms. The lowest BCUT2D eigenvalue weighted by Gasteiger charge is -2.35. The molecule has 1 aliphatic rings. The Morgan fingerprint density at radius 1 is 1.36 bits per heavy atom. The van der Waals surface area contributed by atoms with Crippen molar-refractivity contribution in [3.63, 3.8) is 0 Å². The van der Waals surface area contributed by atoms with Crippen molar-refractivity contribution in [2.45, 2.75) is 45.6 Å². The van der Waals surface area contributed by atoms with Gasteiger partial charge in [0.1, 0.15) is 11.2 Å². The second kappa shape index (κ2) is 7.54. The normalized spacial score (nSPS) is 25.1. The van der Waals surface area contributed by atoms with Gasteiger partial charge in [0.15, 0.2) is 0 Å². The molecule has 0 aromatic heterocycles. The molecule has 1 N–H and O–H groups in total. The number of carboxylic acid groups (broad SMARTS) is 1. The van der Waals surface area contributed by atoms with Crippen molar-refractivity contribution in [3.8, 4) is 0 Å². The third kappa shape index (κ3) is 3.74. The predicted molar refractivity (Wildman–Crippen MR) is 83.4 cm³/mol. The van der Waals surface area contributed by atoms with Crippen LogP contribution in [0.4, 0.5) is 0 Å². The maximum atomic E-state index is 12.0. The molecule has 0 heterocycles. The van der Waals surface area contributed by atoms with Gasteiger partial charge < -0.3 is 9.84 Å². The van der Waals surface area contributed by atoms with E-state index in [1.807, 2.05) is 30.3 Å². The summed E-state index contributed by atoms with van der Waals surface area (Å²) < 4.78 is 5.68. The third-order valence-corrected chi connectivity index (χ3v) is 4.75. The van der Waals surface area contributed by atoms with Crippen LogP contribution < -0.4 is 0 Å². The molecular weight excluding hydrogens is 280 g/mol. The first kappa shape index (κ1) is 16.7. The van der Waals surface area contributed by atoms with Gasteiger partial charge in [0.05, 0.1) is 6.61 Å². The lowest BCUT2D eigenvalue weighted by atomic mass is 9.66. The average Bonchev–Trinajstić information content (AvgIpc) is 2.54. The van der Waals surface area contributed by atoms with E-state index in [0.29, 0.717) is 32.5 Å². The average molecular weight is 304 g/mol. The molecule has 0 aliphatic heterocycles. The van der Waals surface area contributed by atoms with Crippen molar-refractivity contribution in [2.24, 2.45) is 11.3 Å². The highest BCUT2D eigenvalue weighted by atomic mass is 16.5. The van der Waals surface area contributed by atoms with Crippen LogP contribution in [0.2, 0.25) is 0 Å². The molecule has 2 unspecified atom stereocenters. The largest absolute Gasteiger partial charge is 0.480 e. The van der Waals surface area contributed by atoms with Crippen molar-refractivity contribution in [1.82, 2.24) is 0 Å². The highest BCUT2D eigenvalue weighted by Crippen LogP contribution is 2.41. The molecule has 1 saturated carbocycles. The van der Waals surface area contributed by atoms with Gasteiger partial charge in [-0.2, -0.15) is 0 Å². The van der Waals surface area contributed by atoms with Gasteiger partial charge in [-0.3, -0.25) is 9.59 Å². The number of ketones is 1. The fourth-order valence-corrected chi connectivity index (χ4v) is 3.24. The minimum atomic E-state index is -1.16. The summed E-state index contributed by atoms with van der Waals surface area (Å²) >= 11 is 0. The molecule has 0 spiro atoms. The fourth-order valence-electron chi connectivity index (χ4n) is 3.24. The van der Waals surface area contributed by atoms with Crippen molar-refractivity contribution in [3.05, 3.63) is 35.9 Å². The zero-order valence-corrected chi connectivity index (χ0v) is 13.1. The van der Waals surface area contributed by atoms with Gasteiger partial charge in [-0.1, -0.05) is 37.3 Å². The minimum Gasteiger partial charge on any atom is -0.480 e. The maximum absolute atomic E-state index is 12.0. The van der Waals surface area contributed by atoms with E-state index in [2.05, 4.69) is 0 Å². The Hall–Kier alpha value is -1.68. The maximum Gasteiger partial charge on any atom is 0.317 e. The van der Waals surface area contributed by atoms with Gasteiger partial charge in [-0.05, 0) is 37.2 Å². The van der Waals surface area contributed by atoms with E-state index in [-0.39, 0.29) is 11.7 Å². The first-order valence-corrected chi connectivity index (χ1v) is 7.97. The molecule has 0 amide bonds. The quantitative estimate of drug-likeness (QED) is 0.619. The number of rotatable bonds is 7. The second-order valence-corrected chi connectivity index (χ2v) is 6.10. The lowest BCUT2D eigenvalue weighted by Crippen LogP contribution is -2.44. The van der Waals surface area contributed by atoms with E-state index in [1.54, 1.807) is 6.92 Å². The number of aliphatic carboxylic acids is 1. The van der Waals surface area contributed by atoms with E-state index in [1.165, 1.54) is 0 Å². The Kier molecular flexibility index (Phi) is 5.72. The molecule has 1 aromatic rings. The van der Waals surface area contributed by atoms with E-state index in [0.717, 1.165) is 18.4 Å². The summed E-state index contributed by atoms with van der Waals surface area (Å²) in [5.41, 5.74) is -0.0303. The Labute approximate surface area is 131 Å². The van der Waals surface area contributed by atoms with Crippen molar-refractivity contribution < 1.29 is 19.4 Å². The van der Waals surface area contributed by atoms with Crippen LogP contribution >= 0.6 is 0 Å². The summed E-state index contributed by atoms with van der Waals surface area (Å²) in [6, 6.07) is 9.97. The number of hydrogen-bond acceptors (Lipinski definition) is 3. The number of carbonyl (C=O) groups excluding carboxylic acids is 1. The Morgan fingerprint density at radius 2 is 2.09 bits per heavy atom. The summed E-state index contributed by atoms with van der Waals surface area (Å²) in [4.78, 5) is 23.6. The zero-order chi connectivity index (χ0) is 16.0. The van der Waals surface area contributed by atoms with Crippen LogP contribution in [-0.4, -0.2) is 23.5 Å². The number of Topliss-reactive ketones (excluding diaryl/α,β-unsaturated/α-hetero) is 1. The minimum absolute atomic E-state index is 0.107. The molecule has 0 bridgehead atoms. The number of ether oxygens (including phenoxy) is 1. The predicted octanol–water partition coefficient (Wildman–Crippen LogP) is 3.44. The van der Waals surface area contributed by atoms with E-state index in [9.17, 15) is 14.7 Å². The second-order valence-electron chi connectivity index (χ2n) is 6.10. The van der Waals surface area contributed by atoms with Crippen LogP contribution in [0.1, 0.15) is 44.6 Å². The van der Waals surface area contributed by atoms with Crippen LogP contribution in [0.5, 0.6) is 0 Å². The Bertz CT molecular complexity index is 511. The standard InChI is InChI=1S/C18H24O4/c1-2-18(17(20)21)12-14(8-9-16(18)19)10-11-22-13-15-6-4-3-5-7-15/h3-7,14H,2,8-13H2,1H3,(H,20,21). The van der Waals surface area contributed by atoms with Crippen molar-refractivity contribution in [1.29, 1.82) is 0 Å². The summed E-state index contributed by atoms with van der Waals surface area (Å²) in [7, 11) is 0. The molecule has 1 aromatic carbocycles. The Morgan fingerprint density at radius 3 is 2.73 bits per heavy atom. The third-order valence-electron chi connectivity index (χ3n) is 4.75. The van der Waals surface area contributed by atoms with Gasteiger partial charge in [0.2, 0.25) is 0 Å². The fraction of sp³-hybridized carbons (Fsp3) is 0.556. The summed E-state index contributed by atoms with van der Waals surface area (Å²) in [6.45, 7) is 2.97. The Balaban J connectivity index is 1.81. The molecule has 1 fully saturated rings. The number of carbonyl (C=O) groups is 2. The molecule has 2 rings (SSSR count). The number of carboxylic acids is 1. The summed E-state index contributed by atoms with van der Waals surface area (Å²) in [5, 5.41) is 9.45. The zero-order valence-electron chi connectivity index (χ0n) is 13.1. The van der Waals surface area contributed by atoms with Crippen molar-refractivity contribution in [2.75, 3.05) is 6.61 Å². The molecule has 0 saturated heterocycles. The van der Waals surface area contributed by atoms with Crippen LogP contribution in [0.3, 0.4) is 0 Å². The molecule has 120 valence electrons. The number of hydrogen-bond donors (Lipinski definition) is 1. The van der Waals surface area contributed by atoms with Gasteiger partial charge in [0, 0.05) is 13.0 Å². The van der Waals surface area contributed by atoms with Crippen molar-refractivity contribution >= 4 is 11.8 Å². The molecule has 4 heteroatoms. The van der Waals surface area contributed by atoms with E-state index in [4.69, 9.17) is 4.74 Å². The molecule has 4 nitrogen and oxygen atoms in total. The first-order chi connectivity index (χ1) is 10.6. The summed E-state index contributed by atoms with van der Waals surface area (Å²) in [6.07, 6.45) is 2.80. The first-order valence-electron chi connectivity index (χ1n) is 7.97. The monoisotopic (exact) mass is 304 g/mol. The highest BCUT2D eigenvalue weighted by Gasteiger charge is 2.47. The smallest absolute Gasteiger partial charge is 0.317 e. The van der Waals surface area contributed by atoms with Gasteiger partial charge in [0.25, 0.3) is 0 Å². The van der Waals surface area contributed by atoms with E-state index < -0.39 is 11.4 Å². The molecule has 0 radical (unpaired) electrons. The van der Waals surface area contributed by atoms with Crippen LogP contribution in [0, 0.1) is 11.3 Å². The van der Waals surface area contributed by atoms with E-state index >= 15 is 0 Å². The molecular formula is C18H24O4. The molecule has 1 aliphatic carbocycles. The molecule has 2 atom stereocenters.